The van der Waals surface area contributed by atoms with Gasteiger partial charge in [-0.3, -0.25) is 5.32 Å². The van der Waals surface area contributed by atoms with E-state index in [0.717, 1.165) is 4.90 Å². The van der Waals surface area contributed by atoms with E-state index in [1.54, 1.807) is 20.8 Å². The second-order valence-electron chi connectivity index (χ2n) is 8.33. The summed E-state index contributed by atoms with van der Waals surface area (Å²) in [7, 11) is 0. The number of hydrogen-bond donors (Lipinski definition) is 4. The highest BCUT2D eigenvalue weighted by Gasteiger charge is 2.32. The van der Waals surface area contributed by atoms with Crippen LogP contribution in [0.15, 0.2) is 6.20 Å². The standard InChI is InChI=1S/C18H30N8O4/c1-9(2)25-13(20)12(19)14(23-25)24(17(28)29)15-11(8-21-26(15)10(3)4)22-16(27)30-18(5,6)7/h8-10H,19-20H2,1-7H3,(H,22,27)(H,28,29). The molecule has 0 aliphatic heterocycles. The number of aromatic nitrogens is 4. The van der Waals surface area contributed by atoms with Crippen molar-refractivity contribution in [1.82, 2.24) is 19.6 Å². The number of carboxylic acid groups (broad SMARTS) is 1. The van der Waals surface area contributed by atoms with Gasteiger partial charge in [-0.05, 0) is 48.5 Å². The fraction of sp³-hybridized carbons (Fsp3) is 0.556. The maximum Gasteiger partial charge on any atom is 0.419 e. The number of nitrogen functional groups attached to an aromatic ring is 2. The Kier molecular flexibility index (Phi) is 6.19. The molecule has 2 amide bonds. The number of amides is 2. The molecule has 0 bridgehead atoms. The minimum absolute atomic E-state index is 0.00539. The summed E-state index contributed by atoms with van der Waals surface area (Å²) in [5.41, 5.74) is 11.5. The zero-order valence-corrected chi connectivity index (χ0v) is 18.3. The van der Waals surface area contributed by atoms with Crippen molar-refractivity contribution in [3.8, 4) is 0 Å². The van der Waals surface area contributed by atoms with E-state index in [9.17, 15) is 14.7 Å². The molecular weight excluding hydrogens is 392 g/mol. The summed E-state index contributed by atoms with van der Waals surface area (Å²) in [6.45, 7) is 12.5. The van der Waals surface area contributed by atoms with Crippen molar-refractivity contribution in [2.75, 3.05) is 21.7 Å². The Hall–Kier alpha value is -3.44. The van der Waals surface area contributed by atoms with Crippen molar-refractivity contribution in [3.05, 3.63) is 6.20 Å². The van der Waals surface area contributed by atoms with Crippen LogP contribution >= 0.6 is 0 Å². The third kappa shape index (κ3) is 4.58. The van der Waals surface area contributed by atoms with Gasteiger partial charge in [0.05, 0.1) is 6.20 Å². The predicted octanol–water partition coefficient (Wildman–Crippen LogP) is 3.57. The van der Waals surface area contributed by atoms with E-state index in [1.807, 2.05) is 27.7 Å². The molecule has 12 heteroatoms. The first-order chi connectivity index (χ1) is 13.7. The Morgan fingerprint density at radius 3 is 2.17 bits per heavy atom. The number of anilines is 5. The van der Waals surface area contributed by atoms with Crippen molar-refractivity contribution in [1.29, 1.82) is 0 Å². The van der Waals surface area contributed by atoms with Crippen LogP contribution in [0.5, 0.6) is 0 Å². The van der Waals surface area contributed by atoms with Crippen LogP contribution in [0, 0.1) is 0 Å². The lowest BCUT2D eigenvalue weighted by Gasteiger charge is -2.23. The molecule has 0 fully saturated rings. The minimum Gasteiger partial charge on any atom is -0.464 e. The summed E-state index contributed by atoms with van der Waals surface area (Å²) < 4.78 is 8.14. The Morgan fingerprint density at radius 1 is 1.17 bits per heavy atom. The molecule has 166 valence electrons. The van der Waals surface area contributed by atoms with Gasteiger partial charge in [0.15, 0.2) is 11.6 Å². The average Bonchev–Trinajstić information content (AvgIpc) is 3.10. The summed E-state index contributed by atoms with van der Waals surface area (Å²) in [6.07, 6.45) is -0.781. The Labute approximate surface area is 174 Å². The van der Waals surface area contributed by atoms with Crippen LogP contribution < -0.4 is 21.7 Å². The van der Waals surface area contributed by atoms with Crippen molar-refractivity contribution < 1.29 is 19.4 Å². The molecule has 12 nitrogen and oxygen atoms in total. The van der Waals surface area contributed by atoms with E-state index >= 15 is 0 Å². The number of nitrogens with zero attached hydrogens (tertiary/aromatic N) is 5. The van der Waals surface area contributed by atoms with Gasteiger partial charge in [0.25, 0.3) is 0 Å². The van der Waals surface area contributed by atoms with Crippen molar-refractivity contribution in [2.45, 2.75) is 66.2 Å². The Morgan fingerprint density at radius 2 is 1.73 bits per heavy atom. The van der Waals surface area contributed by atoms with Crippen LogP contribution in [0.2, 0.25) is 0 Å². The first-order valence-electron chi connectivity index (χ1n) is 9.48. The van der Waals surface area contributed by atoms with E-state index < -0.39 is 17.8 Å². The second-order valence-corrected chi connectivity index (χ2v) is 8.33. The van der Waals surface area contributed by atoms with Gasteiger partial charge in [0.1, 0.15) is 22.8 Å². The molecule has 0 unspecified atom stereocenters. The fourth-order valence-electron chi connectivity index (χ4n) is 2.75. The topological polar surface area (TPSA) is 167 Å². The van der Waals surface area contributed by atoms with Gasteiger partial charge in [0.2, 0.25) is 0 Å². The molecular formula is C18H30N8O4. The molecule has 0 radical (unpaired) electrons. The van der Waals surface area contributed by atoms with E-state index in [1.165, 1.54) is 15.6 Å². The van der Waals surface area contributed by atoms with Crippen LogP contribution in [0.1, 0.15) is 60.5 Å². The van der Waals surface area contributed by atoms with Gasteiger partial charge < -0.3 is 21.3 Å². The van der Waals surface area contributed by atoms with Crippen molar-refractivity contribution in [3.63, 3.8) is 0 Å². The summed E-state index contributed by atoms with van der Waals surface area (Å²) in [6, 6.07) is -0.382. The Bertz CT molecular complexity index is 939. The van der Waals surface area contributed by atoms with Crippen LogP contribution in [-0.4, -0.2) is 42.5 Å². The van der Waals surface area contributed by atoms with Gasteiger partial charge in [0, 0.05) is 12.1 Å². The lowest BCUT2D eigenvalue weighted by atomic mass is 10.2. The highest BCUT2D eigenvalue weighted by Crippen LogP contribution is 2.39. The SMILES string of the molecule is CC(C)n1nc(N(C(=O)O)c2c(NC(=O)OC(C)(C)C)cnn2C(C)C)c(N)c1N. The van der Waals surface area contributed by atoms with Crippen LogP contribution in [-0.2, 0) is 4.74 Å². The highest BCUT2D eigenvalue weighted by molar-refractivity contribution is 6.02. The van der Waals surface area contributed by atoms with Crippen LogP contribution in [0.25, 0.3) is 0 Å². The van der Waals surface area contributed by atoms with E-state index in [-0.39, 0.29) is 40.9 Å². The third-order valence-electron chi connectivity index (χ3n) is 3.96. The molecule has 0 aliphatic rings. The normalized spacial score (nSPS) is 11.8. The zero-order valence-electron chi connectivity index (χ0n) is 18.3. The molecule has 0 aliphatic carbocycles. The second kappa shape index (κ2) is 8.13. The smallest absolute Gasteiger partial charge is 0.419 e. The quantitative estimate of drug-likeness (QED) is 0.567. The molecule has 2 aromatic heterocycles. The molecule has 2 heterocycles. The van der Waals surface area contributed by atoms with Gasteiger partial charge in [-0.15, -0.1) is 5.10 Å². The Balaban J connectivity index is 2.63. The van der Waals surface area contributed by atoms with E-state index in [0.29, 0.717) is 0 Å². The number of rotatable bonds is 5. The van der Waals surface area contributed by atoms with Crippen molar-refractivity contribution in [2.24, 2.45) is 0 Å². The van der Waals surface area contributed by atoms with Crippen LogP contribution in [0.3, 0.4) is 0 Å². The zero-order chi connectivity index (χ0) is 23.0. The number of nitrogens with one attached hydrogen (secondary N) is 1. The average molecular weight is 422 g/mol. The number of carbonyl (C=O) groups excluding carboxylic acids is 1. The van der Waals surface area contributed by atoms with Crippen LogP contribution in [0.4, 0.5) is 38.4 Å². The third-order valence-corrected chi connectivity index (χ3v) is 3.96. The molecule has 30 heavy (non-hydrogen) atoms. The lowest BCUT2D eigenvalue weighted by Crippen LogP contribution is -2.31. The van der Waals surface area contributed by atoms with Gasteiger partial charge in [-0.25, -0.2) is 23.9 Å². The largest absolute Gasteiger partial charge is 0.464 e. The first-order valence-corrected chi connectivity index (χ1v) is 9.48. The minimum atomic E-state index is -1.37. The highest BCUT2D eigenvalue weighted by atomic mass is 16.6. The number of carbonyl (C=O) groups is 2. The lowest BCUT2D eigenvalue weighted by molar-refractivity contribution is 0.0636. The molecule has 0 aromatic carbocycles. The van der Waals surface area contributed by atoms with E-state index in [4.69, 9.17) is 16.2 Å². The molecule has 0 atom stereocenters. The molecule has 2 rings (SSSR count). The molecule has 6 N–H and O–H groups in total. The maximum atomic E-state index is 12.3. The predicted molar refractivity (Wildman–Crippen MR) is 114 cm³/mol. The molecule has 0 saturated heterocycles. The molecule has 0 saturated carbocycles. The summed E-state index contributed by atoms with van der Waals surface area (Å²) >= 11 is 0. The number of ether oxygens (including phenoxy) is 1. The molecule has 0 spiro atoms. The van der Waals surface area contributed by atoms with Gasteiger partial charge in [-0.2, -0.15) is 5.10 Å². The van der Waals surface area contributed by atoms with Gasteiger partial charge >= 0.3 is 12.2 Å². The molecule has 2 aromatic rings. The summed E-state index contributed by atoms with van der Waals surface area (Å²) in [5, 5.41) is 21.1. The van der Waals surface area contributed by atoms with E-state index in [2.05, 4.69) is 15.5 Å². The van der Waals surface area contributed by atoms with Gasteiger partial charge in [-0.1, -0.05) is 0 Å². The maximum absolute atomic E-state index is 12.3. The fourth-order valence-corrected chi connectivity index (χ4v) is 2.75. The monoisotopic (exact) mass is 422 g/mol. The number of nitrogens with two attached hydrogens (primary N) is 2. The summed E-state index contributed by atoms with van der Waals surface area (Å²) in [5.74, 6) is 0.121. The summed E-state index contributed by atoms with van der Waals surface area (Å²) in [4.78, 5) is 25.4. The number of hydrogen-bond acceptors (Lipinski definition) is 7. The van der Waals surface area contributed by atoms with Crippen molar-refractivity contribution >= 4 is 41.0 Å². The first kappa shape index (κ1) is 22.8.